The summed E-state index contributed by atoms with van der Waals surface area (Å²) in [4.78, 5) is 23.8. The summed E-state index contributed by atoms with van der Waals surface area (Å²) in [5.74, 6) is -0.658. The first-order valence-corrected chi connectivity index (χ1v) is 8.56. The van der Waals surface area contributed by atoms with Gasteiger partial charge in [-0.25, -0.2) is 9.48 Å². The fourth-order valence-electron chi connectivity index (χ4n) is 2.62. The van der Waals surface area contributed by atoms with E-state index in [1.54, 1.807) is 25.1 Å². The molecule has 1 aliphatic heterocycles. The molecule has 0 aliphatic carbocycles. The smallest absolute Gasteiger partial charge is 0.328 e. The van der Waals surface area contributed by atoms with Gasteiger partial charge in [-0.1, -0.05) is 11.3 Å². The molecule has 1 atom stereocenters. The molecule has 2 aromatic rings. The maximum Gasteiger partial charge on any atom is 0.328 e. The lowest BCUT2D eigenvalue weighted by Crippen LogP contribution is -2.44. The second kappa shape index (κ2) is 8.53. The van der Waals surface area contributed by atoms with Crippen LogP contribution in [0.3, 0.4) is 0 Å². The summed E-state index contributed by atoms with van der Waals surface area (Å²) in [7, 11) is 0. The summed E-state index contributed by atoms with van der Waals surface area (Å²) in [6.07, 6.45) is 1.49. The lowest BCUT2D eigenvalue weighted by atomic mass is 10.2. The molecule has 3 rings (SSSR count). The first-order chi connectivity index (χ1) is 13.5. The fourth-order valence-corrected chi connectivity index (χ4v) is 2.62. The van der Waals surface area contributed by atoms with Crippen LogP contribution >= 0.6 is 0 Å². The van der Waals surface area contributed by atoms with Crippen LogP contribution in [0, 0.1) is 6.92 Å². The number of benzene rings is 1. The van der Waals surface area contributed by atoms with E-state index in [1.807, 2.05) is 0 Å². The molecule has 1 amide bonds. The van der Waals surface area contributed by atoms with Gasteiger partial charge in [0.15, 0.2) is 23.2 Å². The zero-order chi connectivity index (χ0) is 20.1. The van der Waals surface area contributed by atoms with Gasteiger partial charge in [0.2, 0.25) is 0 Å². The largest absolute Gasteiger partial charge is 0.486 e. The van der Waals surface area contributed by atoms with Crippen LogP contribution in [0.25, 0.3) is 5.69 Å². The second-order valence-electron chi connectivity index (χ2n) is 5.95. The van der Waals surface area contributed by atoms with Crippen molar-refractivity contribution >= 4 is 11.9 Å². The van der Waals surface area contributed by atoms with Crippen LogP contribution in [0.5, 0.6) is 11.5 Å². The molecule has 148 valence electrons. The third-order valence-corrected chi connectivity index (χ3v) is 4.00. The van der Waals surface area contributed by atoms with Gasteiger partial charge in [-0.15, -0.1) is 11.7 Å². The van der Waals surface area contributed by atoms with E-state index in [0.29, 0.717) is 36.1 Å². The van der Waals surface area contributed by atoms with E-state index in [1.165, 1.54) is 10.8 Å². The van der Waals surface area contributed by atoms with Crippen molar-refractivity contribution in [2.75, 3.05) is 26.4 Å². The van der Waals surface area contributed by atoms with E-state index in [0.717, 1.165) is 0 Å². The Morgan fingerprint density at radius 1 is 1.39 bits per heavy atom. The lowest BCUT2D eigenvalue weighted by Gasteiger charge is -2.19. The van der Waals surface area contributed by atoms with Crippen LogP contribution in [0.15, 0.2) is 30.9 Å². The highest BCUT2D eigenvalue weighted by atomic mass is 16.6. The summed E-state index contributed by atoms with van der Waals surface area (Å²) >= 11 is 0. The quantitative estimate of drug-likeness (QED) is 0.501. The molecular weight excluding hydrogens is 368 g/mol. The van der Waals surface area contributed by atoms with Gasteiger partial charge in [-0.2, -0.15) is 0 Å². The topological polar surface area (TPSA) is 125 Å². The third-order valence-electron chi connectivity index (χ3n) is 4.00. The molecule has 1 aromatic carbocycles. The highest BCUT2D eigenvalue weighted by Crippen LogP contribution is 2.32. The van der Waals surface area contributed by atoms with E-state index in [4.69, 9.17) is 14.2 Å². The number of hydrogen-bond acceptors (Lipinski definition) is 7. The number of aromatic nitrogens is 3. The molecule has 0 bridgehead atoms. The first-order valence-electron chi connectivity index (χ1n) is 8.56. The molecular formula is C18H20N4O6. The number of carboxylic acids is 1. The predicted molar refractivity (Wildman–Crippen MR) is 97.0 cm³/mol. The molecule has 0 spiro atoms. The van der Waals surface area contributed by atoms with Crippen molar-refractivity contribution < 1.29 is 28.9 Å². The van der Waals surface area contributed by atoms with Gasteiger partial charge in [0.05, 0.1) is 24.6 Å². The monoisotopic (exact) mass is 388 g/mol. The summed E-state index contributed by atoms with van der Waals surface area (Å²) < 4.78 is 17.6. The van der Waals surface area contributed by atoms with Crippen LogP contribution in [0.1, 0.15) is 16.2 Å². The number of rotatable bonds is 8. The van der Waals surface area contributed by atoms with E-state index >= 15 is 0 Å². The normalized spacial score (nSPS) is 13.6. The van der Waals surface area contributed by atoms with E-state index in [2.05, 4.69) is 22.2 Å². The van der Waals surface area contributed by atoms with E-state index in [9.17, 15) is 14.7 Å². The minimum absolute atomic E-state index is 0.0184. The Balaban J connectivity index is 1.77. The Morgan fingerprint density at radius 2 is 2.14 bits per heavy atom. The predicted octanol–water partition coefficient (Wildman–Crippen LogP) is 0.733. The van der Waals surface area contributed by atoms with Gasteiger partial charge in [0.1, 0.15) is 13.2 Å². The molecule has 2 heterocycles. The van der Waals surface area contributed by atoms with Crippen LogP contribution in [-0.2, 0) is 9.53 Å². The number of nitrogens with zero attached hydrogens (tertiary/aromatic N) is 3. The molecule has 1 unspecified atom stereocenters. The van der Waals surface area contributed by atoms with E-state index in [-0.39, 0.29) is 18.9 Å². The minimum Gasteiger partial charge on any atom is -0.486 e. The van der Waals surface area contributed by atoms with Gasteiger partial charge in [-0.3, -0.25) is 4.79 Å². The first kappa shape index (κ1) is 19.4. The van der Waals surface area contributed by atoms with Gasteiger partial charge in [0.25, 0.3) is 5.91 Å². The van der Waals surface area contributed by atoms with Gasteiger partial charge < -0.3 is 24.6 Å². The Labute approximate surface area is 160 Å². The highest BCUT2D eigenvalue weighted by Gasteiger charge is 2.25. The van der Waals surface area contributed by atoms with E-state index < -0.39 is 17.9 Å². The van der Waals surface area contributed by atoms with Crippen LogP contribution in [0.4, 0.5) is 0 Å². The molecule has 1 aliphatic rings. The van der Waals surface area contributed by atoms with Crippen molar-refractivity contribution in [3.63, 3.8) is 0 Å². The zero-order valence-electron chi connectivity index (χ0n) is 15.3. The minimum atomic E-state index is -1.22. The van der Waals surface area contributed by atoms with Crippen molar-refractivity contribution in [2.24, 2.45) is 0 Å². The van der Waals surface area contributed by atoms with Crippen molar-refractivity contribution in [3.05, 3.63) is 42.2 Å². The van der Waals surface area contributed by atoms with Gasteiger partial charge >= 0.3 is 5.97 Å². The Morgan fingerprint density at radius 3 is 2.86 bits per heavy atom. The number of aliphatic carboxylic acids is 1. The number of carbonyl (C=O) groups is 2. The molecule has 28 heavy (non-hydrogen) atoms. The standard InChI is InChI=1S/C18H20N4O6/c1-3-6-26-10-13(18(24)25)19-17(23)16-11(2)22(21-20-16)12-4-5-14-15(9-12)28-8-7-27-14/h3-5,9,13H,1,6-8,10H2,2H3,(H,19,23)(H,24,25). The second-order valence-corrected chi connectivity index (χ2v) is 5.95. The number of hydrogen-bond donors (Lipinski definition) is 2. The molecule has 0 saturated carbocycles. The Hall–Kier alpha value is -3.40. The van der Waals surface area contributed by atoms with Crippen molar-refractivity contribution in [1.29, 1.82) is 0 Å². The SMILES string of the molecule is C=CCOCC(NC(=O)c1nnn(-c2ccc3c(c2)OCCO3)c1C)C(=O)O. The van der Waals surface area contributed by atoms with Crippen LogP contribution < -0.4 is 14.8 Å². The fraction of sp³-hybridized carbons (Fsp3) is 0.333. The molecule has 0 radical (unpaired) electrons. The van der Waals surface area contributed by atoms with Gasteiger partial charge in [0, 0.05) is 6.07 Å². The number of fused-ring (bicyclic) bond motifs is 1. The molecule has 10 heteroatoms. The molecule has 1 aromatic heterocycles. The summed E-state index contributed by atoms with van der Waals surface area (Å²) in [6, 6.07) is 4.04. The third kappa shape index (κ3) is 4.12. The maximum atomic E-state index is 12.5. The number of amides is 1. The molecule has 0 fully saturated rings. The number of nitrogens with one attached hydrogen (secondary N) is 1. The average Bonchev–Trinajstić information content (AvgIpc) is 3.08. The highest BCUT2D eigenvalue weighted by molar-refractivity contribution is 5.95. The number of carbonyl (C=O) groups excluding carboxylic acids is 1. The molecule has 10 nitrogen and oxygen atoms in total. The van der Waals surface area contributed by atoms with Crippen molar-refractivity contribution in [3.8, 4) is 17.2 Å². The Kier molecular flexibility index (Phi) is 5.90. The van der Waals surface area contributed by atoms with Crippen LogP contribution in [0.2, 0.25) is 0 Å². The number of carboxylic acid groups (broad SMARTS) is 1. The molecule has 0 saturated heterocycles. The van der Waals surface area contributed by atoms with Crippen molar-refractivity contribution in [1.82, 2.24) is 20.3 Å². The summed E-state index contributed by atoms with van der Waals surface area (Å²) in [5, 5.41) is 19.5. The molecule has 2 N–H and O–H groups in total. The number of ether oxygens (including phenoxy) is 3. The Bertz CT molecular complexity index is 894. The summed E-state index contributed by atoms with van der Waals surface area (Å²) in [6.45, 7) is 6.07. The lowest BCUT2D eigenvalue weighted by molar-refractivity contribution is -0.140. The zero-order valence-corrected chi connectivity index (χ0v) is 15.3. The van der Waals surface area contributed by atoms with Crippen LogP contribution in [-0.4, -0.2) is 64.4 Å². The average molecular weight is 388 g/mol. The maximum absolute atomic E-state index is 12.5. The van der Waals surface area contributed by atoms with Crippen molar-refractivity contribution in [2.45, 2.75) is 13.0 Å². The summed E-state index contributed by atoms with van der Waals surface area (Å²) in [5.41, 5.74) is 1.10. The van der Waals surface area contributed by atoms with Gasteiger partial charge in [-0.05, 0) is 19.1 Å².